The summed E-state index contributed by atoms with van der Waals surface area (Å²) in [5.74, 6) is 0.421. The minimum atomic E-state index is -3.30. The van der Waals surface area contributed by atoms with Crippen LogP contribution in [0.1, 0.15) is 11.1 Å². The van der Waals surface area contributed by atoms with Gasteiger partial charge in [0.05, 0.1) is 18.6 Å². The number of ether oxygens (including phenoxy) is 1. The van der Waals surface area contributed by atoms with E-state index in [2.05, 4.69) is 0 Å². The van der Waals surface area contributed by atoms with Crippen LogP contribution in [-0.2, 0) is 21.3 Å². The number of hydrogen-bond donors (Lipinski definition) is 1. The molecule has 2 aromatic carbocycles. The molecule has 0 radical (unpaired) electrons. The number of sulfone groups is 1. The summed E-state index contributed by atoms with van der Waals surface area (Å²) in [7, 11) is -1.78. The predicted octanol–water partition coefficient (Wildman–Crippen LogP) is 3.05. The summed E-state index contributed by atoms with van der Waals surface area (Å²) in [5, 5.41) is 0.580. The zero-order valence-electron chi connectivity index (χ0n) is 11.5. The van der Waals surface area contributed by atoms with E-state index in [0.717, 1.165) is 0 Å². The summed E-state index contributed by atoms with van der Waals surface area (Å²) in [5.41, 5.74) is 7.53. The molecule has 2 N–H and O–H groups in total. The van der Waals surface area contributed by atoms with E-state index >= 15 is 0 Å². The molecule has 0 aliphatic heterocycles. The van der Waals surface area contributed by atoms with Crippen molar-refractivity contribution in [2.75, 3.05) is 12.8 Å². The smallest absolute Gasteiger partial charge is 0.158 e. The van der Waals surface area contributed by atoms with Gasteiger partial charge in [0.1, 0.15) is 5.75 Å². The molecule has 0 aliphatic carbocycles. The average molecular weight is 326 g/mol. The topological polar surface area (TPSA) is 69.4 Å². The average Bonchev–Trinajstić information content (AvgIpc) is 2.39. The number of anilines is 1. The van der Waals surface area contributed by atoms with Crippen LogP contribution < -0.4 is 10.5 Å². The fourth-order valence-corrected chi connectivity index (χ4v) is 3.63. The Kier molecular flexibility index (Phi) is 4.75. The summed E-state index contributed by atoms with van der Waals surface area (Å²) < 4.78 is 29.6. The first kappa shape index (κ1) is 15.7. The van der Waals surface area contributed by atoms with Crippen LogP contribution in [0.15, 0.2) is 42.5 Å². The zero-order chi connectivity index (χ0) is 15.5. The van der Waals surface area contributed by atoms with E-state index in [1.54, 1.807) is 42.5 Å². The zero-order valence-corrected chi connectivity index (χ0v) is 13.1. The van der Waals surface area contributed by atoms with Crippen LogP contribution in [0, 0.1) is 0 Å². The van der Waals surface area contributed by atoms with Gasteiger partial charge in [0, 0.05) is 16.8 Å². The van der Waals surface area contributed by atoms with Crippen molar-refractivity contribution in [1.29, 1.82) is 0 Å². The molecule has 0 saturated heterocycles. The summed E-state index contributed by atoms with van der Waals surface area (Å²) in [6.45, 7) is 0. The summed E-state index contributed by atoms with van der Waals surface area (Å²) in [6, 6.07) is 11.7. The van der Waals surface area contributed by atoms with Crippen LogP contribution in [0.2, 0.25) is 5.02 Å². The highest BCUT2D eigenvalue weighted by Crippen LogP contribution is 2.21. The van der Waals surface area contributed by atoms with Gasteiger partial charge in [-0.05, 0) is 35.4 Å². The Bertz CT molecular complexity index is 727. The van der Waals surface area contributed by atoms with Crippen molar-refractivity contribution < 1.29 is 13.2 Å². The highest BCUT2D eigenvalue weighted by Gasteiger charge is 2.14. The van der Waals surface area contributed by atoms with E-state index in [0.29, 0.717) is 27.6 Å². The lowest BCUT2D eigenvalue weighted by atomic mass is 10.2. The molecule has 0 aliphatic rings. The molecule has 6 heteroatoms. The second kappa shape index (κ2) is 6.37. The largest absolute Gasteiger partial charge is 0.497 e. The van der Waals surface area contributed by atoms with Crippen LogP contribution in [0.25, 0.3) is 0 Å². The maximum absolute atomic E-state index is 12.3. The van der Waals surface area contributed by atoms with Crippen LogP contribution in [0.3, 0.4) is 0 Å². The third kappa shape index (κ3) is 4.65. The number of rotatable bonds is 5. The number of hydrogen-bond acceptors (Lipinski definition) is 4. The first-order chi connectivity index (χ1) is 9.88. The lowest BCUT2D eigenvalue weighted by Gasteiger charge is -2.08. The Morgan fingerprint density at radius 1 is 1.05 bits per heavy atom. The Morgan fingerprint density at radius 2 is 1.67 bits per heavy atom. The number of halogens is 1. The van der Waals surface area contributed by atoms with Crippen molar-refractivity contribution in [3.63, 3.8) is 0 Å². The summed E-state index contributed by atoms with van der Waals surface area (Å²) in [6.07, 6.45) is 0. The van der Waals surface area contributed by atoms with Gasteiger partial charge in [-0.15, -0.1) is 0 Å². The van der Waals surface area contributed by atoms with Gasteiger partial charge in [-0.2, -0.15) is 0 Å². The number of nitrogens with two attached hydrogens (primary N) is 1. The van der Waals surface area contributed by atoms with Crippen molar-refractivity contribution in [3.05, 3.63) is 58.6 Å². The van der Waals surface area contributed by atoms with Crippen LogP contribution in [-0.4, -0.2) is 15.5 Å². The van der Waals surface area contributed by atoms with Crippen molar-refractivity contribution in [2.24, 2.45) is 0 Å². The number of nitrogen functional groups attached to an aromatic ring is 1. The lowest BCUT2D eigenvalue weighted by Crippen LogP contribution is -2.08. The molecule has 0 bridgehead atoms. The fourth-order valence-electron chi connectivity index (χ4n) is 2.03. The van der Waals surface area contributed by atoms with E-state index in [9.17, 15) is 8.42 Å². The molecule has 2 rings (SSSR count). The molecule has 112 valence electrons. The summed E-state index contributed by atoms with van der Waals surface area (Å²) >= 11 is 5.79. The van der Waals surface area contributed by atoms with Gasteiger partial charge in [0.15, 0.2) is 9.84 Å². The minimum Gasteiger partial charge on any atom is -0.497 e. The Balaban J connectivity index is 2.17. The van der Waals surface area contributed by atoms with Crippen LogP contribution in [0.5, 0.6) is 5.75 Å². The molecule has 0 spiro atoms. The molecule has 0 amide bonds. The van der Waals surface area contributed by atoms with Gasteiger partial charge < -0.3 is 10.5 Å². The second-order valence-corrected chi connectivity index (χ2v) is 7.27. The Hall–Kier alpha value is -1.72. The Morgan fingerprint density at radius 3 is 2.29 bits per heavy atom. The lowest BCUT2D eigenvalue weighted by molar-refractivity contribution is 0.414. The van der Waals surface area contributed by atoms with Crippen molar-refractivity contribution in [3.8, 4) is 5.75 Å². The van der Waals surface area contributed by atoms with Crippen LogP contribution in [0.4, 0.5) is 5.69 Å². The molecule has 0 heterocycles. The molecule has 0 saturated carbocycles. The summed E-state index contributed by atoms with van der Waals surface area (Å²) in [4.78, 5) is 0. The molecular formula is C15H16ClNO3S. The molecule has 4 nitrogen and oxygen atoms in total. The quantitative estimate of drug-likeness (QED) is 0.858. The normalized spacial score (nSPS) is 11.3. The fraction of sp³-hybridized carbons (Fsp3) is 0.200. The second-order valence-electron chi connectivity index (χ2n) is 4.77. The molecule has 0 unspecified atom stereocenters. The first-order valence-electron chi connectivity index (χ1n) is 6.26. The number of benzene rings is 2. The van der Waals surface area contributed by atoms with Gasteiger partial charge in [-0.3, -0.25) is 0 Å². The SMILES string of the molecule is COc1cc(N)cc(CS(=O)(=O)Cc2ccc(Cl)cc2)c1. The maximum Gasteiger partial charge on any atom is 0.158 e. The van der Waals surface area contributed by atoms with Crippen molar-refractivity contribution in [2.45, 2.75) is 11.5 Å². The first-order valence-corrected chi connectivity index (χ1v) is 8.46. The predicted molar refractivity (Wildman–Crippen MR) is 85.2 cm³/mol. The third-order valence-corrected chi connectivity index (χ3v) is 4.71. The van der Waals surface area contributed by atoms with Gasteiger partial charge in [0.25, 0.3) is 0 Å². The van der Waals surface area contributed by atoms with E-state index in [1.807, 2.05) is 0 Å². The third-order valence-electron chi connectivity index (χ3n) is 2.91. The van der Waals surface area contributed by atoms with E-state index in [1.165, 1.54) is 7.11 Å². The number of methoxy groups -OCH3 is 1. The molecule has 0 fully saturated rings. The molecular weight excluding hydrogens is 310 g/mol. The standard InChI is InChI=1S/C15H16ClNO3S/c1-20-15-7-12(6-14(17)8-15)10-21(18,19)9-11-2-4-13(16)5-3-11/h2-8H,9-10,17H2,1H3. The Labute approximate surface area is 129 Å². The van der Waals surface area contributed by atoms with E-state index < -0.39 is 9.84 Å². The molecule has 2 aromatic rings. The van der Waals surface area contributed by atoms with Crippen molar-refractivity contribution in [1.82, 2.24) is 0 Å². The highest BCUT2D eigenvalue weighted by atomic mass is 35.5. The molecule has 21 heavy (non-hydrogen) atoms. The van der Waals surface area contributed by atoms with E-state index in [4.69, 9.17) is 22.1 Å². The van der Waals surface area contributed by atoms with Crippen LogP contribution >= 0.6 is 11.6 Å². The highest BCUT2D eigenvalue weighted by molar-refractivity contribution is 7.89. The van der Waals surface area contributed by atoms with E-state index in [-0.39, 0.29) is 11.5 Å². The maximum atomic E-state index is 12.3. The van der Waals surface area contributed by atoms with Gasteiger partial charge in [0.2, 0.25) is 0 Å². The molecule has 0 aromatic heterocycles. The monoisotopic (exact) mass is 325 g/mol. The molecule has 0 atom stereocenters. The van der Waals surface area contributed by atoms with Gasteiger partial charge >= 0.3 is 0 Å². The minimum absolute atomic E-state index is 0.0404. The van der Waals surface area contributed by atoms with Gasteiger partial charge in [-0.25, -0.2) is 8.42 Å². The van der Waals surface area contributed by atoms with Crippen molar-refractivity contribution >= 4 is 27.1 Å². The van der Waals surface area contributed by atoms with Gasteiger partial charge in [-0.1, -0.05) is 23.7 Å².